The zero-order valence-electron chi connectivity index (χ0n) is 12.8. The van der Waals surface area contributed by atoms with Crippen LogP contribution >= 0.6 is 23.2 Å². The Morgan fingerprint density at radius 3 is 2.75 bits per heavy atom. The third kappa shape index (κ3) is 4.67. The average Bonchev–Trinajstić information content (AvgIpc) is 2.55. The molecular formula is C14H15Cl2N5O3. The summed E-state index contributed by atoms with van der Waals surface area (Å²) in [6.07, 6.45) is 1.91. The Bertz CT molecular complexity index is 730. The highest BCUT2D eigenvalue weighted by molar-refractivity contribution is 6.35. The van der Waals surface area contributed by atoms with Gasteiger partial charge in [0, 0.05) is 25.3 Å². The highest BCUT2D eigenvalue weighted by Crippen LogP contribution is 2.34. The molecular weight excluding hydrogens is 357 g/mol. The van der Waals surface area contributed by atoms with E-state index in [0.717, 1.165) is 0 Å². The number of nitrogens with one attached hydrogen (secondary N) is 2. The van der Waals surface area contributed by atoms with Crippen LogP contribution in [0.4, 0.5) is 23.0 Å². The van der Waals surface area contributed by atoms with Crippen molar-refractivity contribution < 1.29 is 9.66 Å². The third-order valence-corrected chi connectivity index (χ3v) is 3.57. The molecule has 0 aliphatic heterocycles. The van der Waals surface area contributed by atoms with Gasteiger partial charge in [-0.05, 0) is 24.6 Å². The van der Waals surface area contributed by atoms with E-state index >= 15 is 0 Å². The molecule has 0 fully saturated rings. The molecule has 2 N–H and O–H groups in total. The van der Waals surface area contributed by atoms with Gasteiger partial charge in [-0.15, -0.1) is 0 Å². The van der Waals surface area contributed by atoms with Gasteiger partial charge >= 0.3 is 5.69 Å². The quantitative estimate of drug-likeness (QED) is 0.412. The van der Waals surface area contributed by atoms with Crippen LogP contribution in [0.5, 0.6) is 0 Å². The zero-order valence-corrected chi connectivity index (χ0v) is 14.3. The van der Waals surface area contributed by atoms with E-state index in [-0.39, 0.29) is 17.3 Å². The summed E-state index contributed by atoms with van der Waals surface area (Å²) in [5.41, 5.74) is 0.141. The fourth-order valence-electron chi connectivity index (χ4n) is 1.92. The van der Waals surface area contributed by atoms with Crippen LogP contribution < -0.4 is 10.6 Å². The number of ether oxygens (including phenoxy) is 1. The predicted molar refractivity (Wildman–Crippen MR) is 93.4 cm³/mol. The first-order chi connectivity index (χ1) is 11.5. The number of nitrogens with zero attached hydrogens (tertiary/aromatic N) is 3. The zero-order chi connectivity index (χ0) is 17.5. The molecule has 0 radical (unpaired) electrons. The van der Waals surface area contributed by atoms with E-state index in [4.69, 9.17) is 27.9 Å². The van der Waals surface area contributed by atoms with Gasteiger partial charge in [-0.1, -0.05) is 23.2 Å². The fraction of sp³-hybridized carbons (Fsp3) is 0.286. The van der Waals surface area contributed by atoms with Crippen molar-refractivity contribution in [2.24, 2.45) is 0 Å². The molecule has 2 aromatic rings. The summed E-state index contributed by atoms with van der Waals surface area (Å²) >= 11 is 12.0. The molecule has 0 spiro atoms. The van der Waals surface area contributed by atoms with Crippen molar-refractivity contribution in [3.05, 3.63) is 44.7 Å². The van der Waals surface area contributed by atoms with E-state index in [0.29, 0.717) is 35.3 Å². The van der Waals surface area contributed by atoms with E-state index in [1.807, 2.05) is 0 Å². The number of anilines is 3. The maximum absolute atomic E-state index is 11.4. The minimum absolute atomic E-state index is 0.0217. The van der Waals surface area contributed by atoms with Crippen LogP contribution in [0.25, 0.3) is 0 Å². The Hall–Kier alpha value is -2.16. The molecule has 0 atom stereocenters. The summed E-state index contributed by atoms with van der Waals surface area (Å²) in [4.78, 5) is 18.8. The molecule has 24 heavy (non-hydrogen) atoms. The molecule has 0 aliphatic carbocycles. The highest BCUT2D eigenvalue weighted by Gasteiger charge is 2.23. The Kier molecular flexibility index (Phi) is 6.53. The van der Waals surface area contributed by atoms with Crippen LogP contribution in [-0.2, 0) is 4.74 Å². The monoisotopic (exact) mass is 371 g/mol. The van der Waals surface area contributed by atoms with Crippen LogP contribution in [-0.4, -0.2) is 35.2 Å². The second kappa shape index (κ2) is 8.62. The maximum atomic E-state index is 11.4. The Balaban J connectivity index is 2.29. The lowest BCUT2D eigenvalue weighted by Crippen LogP contribution is -2.10. The molecule has 10 heteroatoms. The second-order valence-corrected chi connectivity index (χ2v) is 5.54. The standard InChI is InChI=1S/C14H15Cl2N5O3/c1-24-6-2-5-17-13-12(21(22)23)14(19-8-18-13)20-11-7-9(15)3-4-10(11)16/h3-4,7-8H,2,5-6H2,1H3,(H2,17,18,19,20). The molecule has 2 rings (SSSR count). The number of hydrogen-bond acceptors (Lipinski definition) is 7. The van der Waals surface area contributed by atoms with Crippen LogP contribution in [0.15, 0.2) is 24.5 Å². The molecule has 1 aromatic heterocycles. The lowest BCUT2D eigenvalue weighted by atomic mass is 10.3. The molecule has 0 aliphatic rings. The first-order valence-corrected chi connectivity index (χ1v) is 7.72. The van der Waals surface area contributed by atoms with E-state index in [9.17, 15) is 10.1 Å². The van der Waals surface area contributed by atoms with Crippen molar-refractivity contribution in [3.8, 4) is 0 Å². The fourth-order valence-corrected chi connectivity index (χ4v) is 2.25. The number of halogens is 2. The summed E-state index contributed by atoms with van der Waals surface area (Å²) in [7, 11) is 1.59. The number of methoxy groups -OCH3 is 1. The minimum Gasteiger partial charge on any atom is -0.385 e. The van der Waals surface area contributed by atoms with Crippen LogP contribution in [0.2, 0.25) is 10.0 Å². The number of hydrogen-bond donors (Lipinski definition) is 2. The minimum atomic E-state index is -0.556. The van der Waals surface area contributed by atoms with Crippen LogP contribution in [0, 0.1) is 10.1 Å². The summed E-state index contributed by atoms with van der Waals surface area (Å²) in [5, 5.41) is 18.0. The lowest BCUT2D eigenvalue weighted by molar-refractivity contribution is -0.383. The normalized spacial score (nSPS) is 10.5. The van der Waals surface area contributed by atoms with Gasteiger partial charge in [0.2, 0.25) is 11.6 Å². The van der Waals surface area contributed by atoms with Crippen molar-refractivity contribution in [2.75, 3.05) is 30.9 Å². The number of aromatic nitrogens is 2. The maximum Gasteiger partial charge on any atom is 0.353 e. The summed E-state index contributed by atoms with van der Waals surface area (Å²) in [6.45, 7) is 1.01. The molecule has 0 amide bonds. The topological polar surface area (TPSA) is 102 Å². The number of benzene rings is 1. The summed E-state index contributed by atoms with van der Waals surface area (Å²) in [5.74, 6) is 0.139. The molecule has 0 saturated heterocycles. The Morgan fingerprint density at radius 1 is 1.29 bits per heavy atom. The largest absolute Gasteiger partial charge is 0.385 e. The number of nitro groups is 1. The summed E-state index contributed by atoms with van der Waals surface area (Å²) < 4.78 is 4.94. The smallest absolute Gasteiger partial charge is 0.353 e. The van der Waals surface area contributed by atoms with Crippen molar-refractivity contribution in [1.82, 2.24) is 9.97 Å². The van der Waals surface area contributed by atoms with Gasteiger partial charge in [0.1, 0.15) is 6.33 Å². The highest BCUT2D eigenvalue weighted by atomic mass is 35.5. The van der Waals surface area contributed by atoms with Crippen LogP contribution in [0.1, 0.15) is 6.42 Å². The molecule has 0 saturated carbocycles. The van der Waals surface area contributed by atoms with Gasteiger partial charge in [0.15, 0.2) is 0 Å². The summed E-state index contributed by atoms with van der Waals surface area (Å²) in [6, 6.07) is 4.76. The lowest BCUT2D eigenvalue weighted by Gasteiger charge is -2.11. The van der Waals surface area contributed by atoms with E-state index < -0.39 is 4.92 Å². The molecule has 1 aromatic carbocycles. The molecule has 128 valence electrons. The van der Waals surface area contributed by atoms with Crippen molar-refractivity contribution in [1.29, 1.82) is 0 Å². The van der Waals surface area contributed by atoms with Gasteiger partial charge in [-0.25, -0.2) is 9.97 Å². The number of rotatable bonds is 8. The van der Waals surface area contributed by atoms with Crippen molar-refractivity contribution in [2.45, 2.75) is 6.42 Å². The van der Waals surface area contributed by atoms with Gasteiger partial charge in [0.05, 0.1) is 15.6 Å². The van der Waals surface area contributed by atoms with Crippen LogP contribution in [0.3, 0.4) is 0 Å². The van der Waals surface area contributed by atoms with Crippen molar-refractivity contribution in [3.63, 3.8) is 0 Å². The third-order valence-electron chi connectivity index (χ3n) is 3.00. The van der Waals surface area contributed by atoms with E-state index in [1.165, 1.54) is 6.33 Å². The first kappa shape index (κ1) is 18.2. The molecule has 8 nitrogen and oxygen atoms in total. The second-order valence-electron chi connectivity index (χ2n) is 4.70. The molecule has 1 heterocycles. The van der Waals surface area contributed by atoms with Gasteiger partial charge in [0.25, 0.3) is 0 Å². The van der Waals surface area contributed by atoms with Crippen molar-refractivity contribution >= 4 is 46.2 Å². The molecule has 0 unspecified atom stereocenters. The van der Waals surface area contributed by atoms with Gasteiger partial charge in [-0.3, -0.25) is 10.1 Å². The predicted octanol–water partition coefficient (Wildman–Crippen LogP) is 3.88. The van der Waals surface area contributed by atoms with Gasteiger partial charge < -0.3 is 15.4 Å². The van der Waals surface area contributed by atoms with E-state index in [1.54, 1.807) is 25.3 Å². The van der Waals surface area contributed by atoms with E-state index in [2.05, 4.69) is 20.6 Å². The van der Waals surface area contributed by atoms with Gasteiger partial charge in [-0.2, -0.15) is 0 Å². The SMILES string of the molecule is COCCCNc1ncnc(Nc2cc(Cl)ccc2Cl)c1[N+](=O)[O-]. The molecule has 0 bridgehead atoms. The Labute approximate surface area is 148 Å². The first-order valence-electron chi connectivity index (χ1n) is 6.97. The average molecular weight is 372 g/mol. The Morgan fingerprint density at radius 2 is 2.04 bits per heavy atom.